The van der Waals surface area contributed by atoms with Crippen LogP contribution >= 0.6 is 11.3 Å². The Bertz CT molecular complexity index is 1280. The summed E-state index contributed by atoms with van der Waals surface area (Å²) in [6, 6.07) is 13.1. The van der Waals surface area contributed by atoms with E-state index >= 15 is 0 Å². The van der Waals surface area contributed by atoms with E-state index in [1.54, 1.807) is 17.5 Å². The number of benzene rings is 2. The van der Waals surface area contributed by atoms with Crippen LogP contribution < -0.4 is 16.0 Å². The minimum atomic E-state index is -0.869. The Labute approximate surface area is 174 Å². The summed E-state index contributed by atoms with van der Waals surface area (Å²) in [5.41, 5.74) is 2.42. The van der Waals surface area contributed by atoms with Crippen molar-refractivity contribution in [1.29, 1.82) is 0 Å². The Morgan fingerprint density at radius 3 is 2.90 bits per heavy atom. The Balaban J connectivity index is 1.44. The summed E-state index contributed by atoms with van der Waals surface area (Å²) in [6.45, 7) is -0.0629. The predicted molar refractivity (Wildman–Crippen MR) is 115 cm³/mol. The highest BCUT2D eigenvalue weighted by atomic mass is 32.1. The molecule has 4 aromatic rings. The van der Waals surface area contributed by atoms with Gasteiger partial charge in [-0.05, 0) is 29.7 Å². The lowest BCUT2D eigenvalue weighted by atomic mass is 10.1. The molecule has 0 spiro atoms. The van der Waals surface area contributed by atoms with Gasteiger partial charge >= 0.3 is 0 Å². The van der Waals surface area contributed by atoms with Gasteiger partial charge in [-0.15, -0.1) is 11.3 Å². The molecule has 3 amide bonds. The average molecular weight is 419 g/mol. The van der Waals surface area contributed by atoms with Crippen molar-refractivity contribution in [2.75, 3.05) is 11.9 Å². The molecular weight excluding hydrogens is 402 g/mol. The summed E-state index contributed by atoms with van der Waals surface area (Å²) in [4.78, 5) is 36.9. The SMILES string of the molecule is O=C(C[C@H]1NC(=O)CNC1=O)Nc1cc(-c2cc3ccccc3s2)c2[nH]ncc2c1. The maximum Gasteiger partial charge on any atom is 0.243 e. The van der Waals surface area contributed by atoms with Crippen LogP contribution in [0.5, 0.6) is 0 Å². The lowest BCUT2D eigenvalue weighted by Gasteiger charge is -2.22. The lowest BCUT2D eigenvalue weighted by molar-refractivity contribution is -0.135. The smallest absolute Gasteiger partial charge is 0.243 e. The molecule has 9 heteroatoms. The summed E-state index contributed by atoms with van der Waals surface area (Å²) in [5, 5.41) is 17.0. The fourth-order valence-electron chi connectivity index (χ4n) is 3.58. The van der Waals surface area contributed by atoms with E-state index in [1.807, 2.05) is 24.3 Å². The van der Waals surface area contributed by atoms with Crippen LogP contribution in [0.4, 0.5) is 5.69 Å². The minimum absolute atomic E-state index is 0.0629. The highest BCUT2D eigenvalue weighted by molar-refractivity contribution is 7.22. The number of carbonyl (C=O) groups is 3. The molecule has 0 saturated carbocycles. The van der Waals surface area contributed by atoms with Gasteiger partial charge in [0.15, 0.2) is 0 Å². The first-order chi connectivity index (χ1) is 14.6. The van der Waals surface area contributed by atoms with Gasteiger partial charge in [0.05, 0.1) is 24.7 Å². The molecule has 30 heavy (non-hydrogen) atoms. The summed E-state index contributed by atoms with van der Waals surface area (Å²) in [7, 11) is 0. The zero-order valence-corrected chi connectivity index (χ0v) is 16.5. The average Bonchev–Trinajstić information content (AvgIpc) is 3.36. The molecule has 0 bridgehead atoms. The van der Waals surface area contributed by atoms with Gasteiger partial charge in [-0.25, -0.2) is 0 Å². The van der Waals surface area contributed by atoms with Crippen molar-refractivity contribution in [3.63, 3.8) is 0 Å². The Hall–Kier alpha value is -3.72. The number of nitrogens with zero attached hydrogens (tertiary/aromatic N) is 1. The Morgan fingerprint density at radius 2 is 2.03 bits per heavy atom. The summed E-state index contributed by atoms with van der Waals surface area (Å²) >= 11 is 1.66. The van der Waals surface area contributed by atoms with Gasteiger partial charge in [0, 0.05) is 26.2 Å². The van der Waals surface area contributed by atoms with E-state index in [0.717, 1.165) is 26.7 Å². The van der Waals surface area contributed by atoms with Crippen molar-refractivity contribution >= 4 is 55.7 Å². The number of aromatic nitrogens is 2. The molecule has 2 aromatic carbocycles. The van der Waals surface area contributed by atoms with E-state index in [-0.39, 0.29) is 30.7 Å². The number of anilines is 1. The third kappa shape index (κ3) is 3.39. The van der Waals surface area contributed by atoms with Crippen LogP contribution in [-0.2, 0) is 14.4 Å². The van der Waals surface area contributed by atoms with Crippen LogP contribution in [0.1, 0.15) is 6.42 Å². The van der Waals surface area contributed by atoms with Gasteiger partial charge in [0.1, 0.15) is 6.04 Å². The second kappa shape index (κ2) is 7.27. The topological polar surface area (TPSA) is 116 Å². The third-order valence-corrected chi connectivity index (χ3v) is 6.14. The molecule has 3 heterocycles. The van der Waals surface area contributed by atoms with E-state index in [0.29, 0.717) is 5.69 Å². The predicted octanol–water partition coefficient (Wildman–Crippen LogP) is 2.39. The number of H-pyrrole nitrogens is 1. The van der Waals surface area contributed by atoms with Crippen molar-refractivity contribution in [2.45, 2.75) is 12.5 Å². The van der Waals surface area contributed by atoms with Crippen LogP contribution in [-0.4, -0.2) is 40.5 Å². The number of piperazine rings is 1. The summed E-state index contributed by atoms with van der Waals surface area (Å²) in [6.07, 6.45) is 1.57. The van der Waals surface area contributed by atoms with Gasteiger partial charge in [-0.1, -0.05) is 18.2 Å². The standard InChI is InChI=1S/C21H17N5O3S/c27-18(8-15-21(29)22-10-19(28)25-15)24-13-5-12-9-23-26-20(12)14(7-13)17-6-11-3-1-2-4-16(11)30-17/h1-7,9,15H,8,10H2,(H,22,29)(H,23,26)(H,24,27)(H,25,28)/t15-/m1/s1. The highest BCUT2D eigenvalue weighted by Crippen LogP contribution is 2.38. The van der Waals surface area contributed by atoms with E-state index in [9.17, 15) is 14.4 Å². The van der Waals surface area contributed by atoms with Gasteiger partial charge in [0.25, 0.3) is 0 Å². The van der Waals surface area contributed by atoms with Crippen molar-refractivity contribution in [1.82, 2.24) is 20.8 Å². The molecule has 5 rings (SSSR count). The van der Waals surface area contributed by atoms with Gasteiger partial charge < -0.3 is 16.0 Å². The molecular formula is C21H17N5O3S. The number of aromatic amines is 1. The molecule has 8 nitrogen and oxygen atoms in total. The first-order valence-corrected chi connectivity index (χ1v) is 10.2. The number of carbonyl (C=O) groups excluding carboxylic acids is 3. The van der Waals surface area contributed by atoms with Crippen LogP contribution in [0.25, 0.3) is 31.4 Å². The number of hydrogen-bond acceptors (Lipinski definition) is 5. The summed E-state index contributed by atoms with van der Waals surface area (Å²) < 4.78 is 1.17. The van der Waals surface area contributed by atoms with Crippen LogP contribution in [0, 0.1) is 0 Å². The number of hydrogen-bond donors (Lipinski definition) is 4. The molecule has 1 aliphatic heterocycles. The normalized spacial score (nSPS) is 16.5. The molecule has 4 N–H and O–H groups in total. The quantitative estimate of drug-likeness (QED) is 0.406. The van der Waals surface area contributed by atoms with Gasteiger partial charge in [-0.2, -0.15) is 5.10 Å². The molecule has 1 aliphatic rings. The van der Waals surface area contributed by atoms with Crippen LogP contribution in [0.2, 0.25) is 0 Å². The van der Waals surface area contributed by atoms with Crippen molar-refractivity contribution in [2.24, 2.45) is 0 Å². The van der Waals surface area contributed by atoms with Crippen LogP contribution in [0.15, 0.2) is 48.7 Å². The largest absolute Gasteiger partial charge is 0.345 e. The number of rotatable bonds is 4. The second-order valence-electron chi connectivity index (χ2n) is 7.10. The molecule has 150 valence electrons. The van der Waals surface area contributed by atoms with Crippen molar-refractivity contribution in [3.05, 3.63) is 48.7 Å². The monoisotopic (exact) mass is 419 g/mol. The fraction of sp³-hybridized carbons (Fsp3) is 0.143. The number of amides is 3. The third-order valence-electron chi connectivity index (χ3n) is 4.99. The lowest BCUT2D eigenvalue weighted by Crippen LogP contribution is -2.57. The molecule has 1 saturated heterocycles. The van der Waals surface area contributed by atoms with E-state index in [1.165, 1.54) is 4.70 Å². The van der Waals surface area contributed by atoms with Crippen LogP contribution in [0.3, 0.4) is 0 Å². The molecule has 1 fully saturated rings. The maximum atomic E-state index is 12.5. The molecule has 2 aromatic heterocycles. The Morgan fingerprint density at radius 1 is 1.17 bits per heavy atom. The van der Waals surface area contributed by atoms with Gasteiger partial charge in [0.2, 0.25) is 17.7 Å². The molecule has 0 aliphatic carbocycles. The van der Waals surface area contributed by atoms with E-state index in [2.05, 4.69) is 44.3 Å². The number of fused-ring (bicyclic) bond motifs is 2. The van der Waals surface area contributed by atoms with Crippen molar-refractivity contribution < 1.29 is 14.4 Å². The second-order valence-corrected chi connectivity index (χ2v) is 8.18. The van der Waals surface area contributed by atoms with Crippen molar-refractivity contribution in [3.8, 4) is 10.4 Å². The molecule has 0 radical (unpaired) electrons. The van der Waals surface area contributed by atoms with Gasteiger partial charge in [-0.3, -0.25) is 19.5 Å². The number of thiophene rings is 1. The molecule has 1 atom stereocenters. The zero-order chi connectivity index (χ0) is 20.7. The first-order valence-electron chi connectivity index (χ1n) is 9.40. The zero-order valence-electron chi connectivity index (χ0n) is 15.7. The maximum absolute atomic E-state index is 12.5. The summed E-state index contributed by atoms with van der Waals surface area (Å²) in [5.74, 6) is -1.03. The molecule has 0 unspecified atom stereocenters. The van der Waals surface area contributed by atoms with E-state index in [4.69, 9.17) is 0 Å². The fourth-order valence-corrected chi connectivity index (χ4v) is 4.67. The number of nitrogens with one attached hydrogen (secondary N) is 4. The highest BCUT2D eigenvalue weighted by Gasteiger charge is 2.28. The van der Waals surface area contributed by atoms with E-state index < -0.39 is 6.04 Å². The Kier molecular flexibility index (Phi) is 4.44. The minimum Gasteiger partial charge on any atom is -0.345 e. The first kappa shape index (κ1) is 18.3.